The number of rotatable bonds is 4. The van der Waals surface area contributed by atoms with Crippen LogP contribution < -0.4 is 0 Å². The van der Waals surface area contributed by atoms with Gasteiger partial charge in [-0.15, -0.1) is 10.2 Å². The number of aromatic amines is 1. The Morgan fingerprint density at radius 1 is 1.15 bits per heavy atom. The van der Waals surface area contributed by atoms with Crippen LogP contribution >= 0.6 is 0 Å². The van der Waals surface area contributed by atoms with E-state index in [0.29, 0.717) is 11.6 Å². The first-order chi connectivity index (χ1) is 12.7. The second-order valence-corrected chi connectivity index (χ2v) is 7.41. The van der Waals surface area contributed by atoms with Gasteiger partial charge in [-0.05, 0) is 44.8 Å². The summed E-state index contributed by atoms with van der Waals surface area (Å²) < 4.78 is 2.17. The summed E-state index contributed by atoms with van der Waals surface area (Å²) in [7, 11) is 2.08. The Morgan fingerprint density at radius 3 is 2.62 bits per heavy atom. The summed E-state index contributed by atoms with van der Waals surface area (Å²) in [6.45, 7) is 4.71. The van der Waals surface area contributed by atoms with Crippen LogP contribution in [0.3, 0.4) is 0 Å². The van der Waals surface area contributed by atoms with Crippen LogP contribution in [0.5, 0.6) is 0 Å². The lowest BCUT2D eigenvalue weighted by molar-refractivity contribution is 0.0704. The molecule has 2 saturated heterocycles. The molecule has 0 aliphatic carbocycles. The monoisotopic (exact) mass is 357 g/mol. The summed E-state index contributed by atoms with van der Waals surface area (Å²) in [5.41, 5.74) is 0.561. The minimum atomic E-state index is 0.0321. The molecule has 0 radical (unpaired) electrons. The standard InChI is InChI=1S/C18H27N7O/c1-23-16(13-24-9-3-2-4-10-24)21-22-17(23)14-6-11-25(12-7-14)18(26)15-5-8-19-20-15/h5,8,14H,2-4,6-7,9-13H2,1H3,(H,19,20). The van der Waals surface area contributed by atoms with Crippen LogP contribution in [0.25, 0.3) is 0 Å². The van der Waals surface area contributed by atoms with E-state index in [-0.39, 0.29) is 5.91 Å². The minimum absolute atomic E-state index is 0.0321. The van der Waals surface area contributed by atoms with E-state index in [1.165, 1.54) is 19.3 Å². The minimum Gasteiger partial charge on any atom is -0.337 e. The highest BCUT2D eigenvalue weighted by molar-refractivity contribution is 5.92. The molecule has 4 rings (SSSR count). The largest absolute Gasteiger partial charge is 0.337 e. The SMILES string of the molecule is Cn1c(CN2CCCCC2)nnc1C1CCN(C(=O)c2ccn[nH]2)CC1. The molecule has 0 atom stereocenters. The Hall–Kier alpha value is -2.22. The van der Waals surface area contributed by atoms with Crippen LogP contribution in [0.1, 0.15) is 60.2 Å². The first-order valence-corrected chi connectivity index (χ1v) is 9.61. The van der Waals surface area contributed by atoms with E-state index in [1.807, 2.05) is 4.90 Å². The second-order valence-electron chi connectivity index (χ2n) is 7.41. The molecule has 2 aliphatic rings. The van der Waals surface area contributed by atoms with Gasteiger partial charge in [0.1, 0.15) is 17.3 Å². The molecule has 2 aromatic rings. The molecule has 2 aromatic heterocycles. The van der Waals surface area contributed by atoms with Gasteiger partial charge >= 0.3 is 0 Å². The maximum Gasteiger partial charge on any atom is 0.271 e. The molecule has 2 aliphatic heterocycles. The van der Waals surface area contributed by atoms with Gasteiger partial charge in [0.2, 0.25) is 0 Å². The predicted molar refractivity (Wildman–Crippen MR) is 96.6 cm³/mol. The van der Waals surface area contributed by atoms with Crippen molar-refractivity contribution in [2.75, 3.05) is 26.2 Å². The number of hydrogen-bond donors (Lipinski definition) is 1. The third-order valence-electron chi connectivity index (χ3n) is 5.69. The molecule has 2 fully saturated rings. The molecule has 8 nitrogen and oxygen atoms in total. The Balaban J connectivity index is 1.36. The maximum absolute atomic E-state index is 12.4. The van der Waals surface area contributed by atoms with Gasteiger partial charge in [-0.1, -0.05) is 6.42 Å². The molecule has 0 aromatic carbocycles. The number of H-pyrrole nitrogens is 1. The van der Waals surface area contributed by atoms with Gasteiger partial charge in [-0.2, -0.15) is 5.10 Å². The number of hydrogen-bond acceptors (Lipinski definition) is 5. The summed E-state index contributed by atoms with van der Waals surface area (Å²) in [5.74, 6) is 2.52. The number of aromatic nitrogens is 5. The van der Waals surface area contributed by atoms with Gasteiger partial charge in [0.25, 0.3) is 5.91 Å². The fraction of sp³-hybridized carbons (Fsp3) is 0.667. The predicted octanol–water partition coefficient (Wildman–Crippen LogP) is 1.54. The van der Waals surface area contributed by atoms with Crippen LogP contribution in [0.4, 0.5) is 0 Å². The summed E-state index contributed by atoms with van der Waals surface area (Å²) in [6, 6.07) is 1.73. The van der Waals surface area contributed by atoms with Crippen molar-refractivity contribution in [1.82, 2.24) is 34.8 Å². The number of carbonyl (C=O) groups excluding carboxylic acids is 1. The number of carbonyl (C=O) groups is 1. The Labute approximate surface area is 153 Å². The zero-order chi connectivity index (χ0) is 17.9. The van der Waals surface area contributed by atoms with Gasteiger partial charge in [0.15, 0.2) is 0 Å². The molecule has 1 N–H and O–H groups in total. The smallest absolute Gasteiger partial charge is 0.271 e. The fourth-order valence-corrected chi connectivity index (χ4v) is 4.07. The van der Waals surface area contributed by atoms with Crippen molar-refractivity contribution in [2.45, 2.75) is 44.6 Å². The Kier molecular flexibility index (Phi) is 5.01. The number of piperidine rings is 2. The van der Waals surface area contributed by atoms with Crippen molar-refractivity contribution < 1.29 is 4.79 Å². The molecule has 4 heterocycles. The lowest BCUT2D eigenvalue weighted by Gasteiger charge is -2.31. The molecule has 26 heavy (non-hydrogen) atoms. The highest BCUT2D eigenvalue weighted by Crippen LogP contribution is 2.27. The van der Waals surface area contributed by atoms with Crippen molar-refractivity contribution in [2.24, 2.45) is 7.05 Å². The summed E-state index contributed by atoms with van der Waals surface area (Å²) in [4.78, 5) is 16.8. The summed E-state index contributed by atoms with van der Waals surface area (Å²) in [5, 5.41) is 15.6. The lowest BCUT2D eigenvalue weighted by atomic mass is 9.95. The summed E-state index contributed by atoms with van der Waals surface area (Å²) >= 11 is 0. The summed E-state index contributed by atoms with van der Waals surface area (Å²) in [6.07, 6.45) is 7.38. The van der Waals surface area contributed by atoms with E-state index in [1.54, 1.807) is 12.3 Å². The van der Waals surface area contributed by atoms with Crippen LogP contribution in [0, 0.1) is 0 Å². The molecule has 0 spiro atoms. The molecule has 0 bridgehead atoms. The average Bonchev–Trinajstić information content (AvgIpc) is 3.33. The topological polar surface area (TPSA) is 82.9 Å². The Bertz CT molecular complexity index is 725. The maximum atomic E-state index is 12.4. The van der Waals surface area contributed by atoms with Gasteiger partial charge < -0.3 is 9.47 Å². The van der Waals surface area contributed by atoms with E-state index < -0.39 is 0 Å². The van der Waals surface area contributed by atoms with E-state index in [4.69, 9.17) is 0 Å². The van der Waals surface area contributed by atoms with Crippen molar-refractivity contribution in [3.05, 3.63) is 29.6 Å². The van der Waals surface area contributed by atoms with Crippen molar-refractivity contribution >= 4 is 5.91 Å². The number of nitrogens with zero attached hydrogens (tertiary/aromatic N) is 6. The molecule has 1 amide bonds. The third-order valence-corrected chi connectivity index (χ3v) is 5.69. The third kappa shape index (κ3) is 3.51. The van der Waals surface area contributed by atoms with Gasteiger partial charge in [0.05, 0.1) is 6.54 Å². The molecule has 8 heteroatoms. The number of amides is 1. The van der Waals surface area contributed by atoms with Crippen LogP contribution in [-0.4, -0.2) is 66.8 Å². The molecule has 140 valence electrons. The number of nitrogens with one attached hydrogen (secondary N) is 1. The van der Waals surface area contributed by atoms with Crippen molar-refractivity contribution in [3.63, 3.8) is 0 Å². The van der Waals surface area contributed by atoms with Gasteiger partial charge in [0, 0.05) is 32.3 Å². The number of likely N-dealkylation sites (tertiary alicyclic amines) is 2. The van der Waals surface area contributed by atoms with Crippen molar-refractivity contribution in [3.8, 4) is 0 Å². The highest BCUT2D eigenvalue weighted by Gasteiger charge is 2.28. The van der Waals surface area contributed by atoms with Crippen LogP contribution in [0.15, 0.2) is 12.3 Å². The quantitative estimate of drug-likeness (QED) is 0.897. The van der Waals surface area contributed by atoms with Gasteiger partial charge in [-0.25, -0.2) is 0 Å². The van der Waals surface area contributed by atoms with E-state index in [0.717, 1.165) is 57.2 Å². The van der Waals surface area contributed by atoms with Crippen LogP contribution in [0.2, 0.25) is 0 Å². The highest BCUT2D eigenvalue weighted by atomic mass is 16.2. The Morgan fingerprint density at radius 2 is 1.92 bits per heavy atom. The van der Waals surface area contributed by atoms with Gasteiger partial charge in [-0.3, -0.25) is 14.8 Å². The second kappa shape index (κ2) is 7.57. The first kappa shape index (κ1) is 17.2. The normalized spacial score (nSPS) is 19.8. The molecule has 0 unspecified atom stereocenters. The zero-order valence-electron chi connectivity index (χ0n) is 15.4. The first-order valence-electron chi connectivity index (χ1n) is 9.61. The van der Waals surface area contributed by atoms with E-state index >= 15 is 0 Å². The van der Waals surface area contributed by atoms with E-state index in [9.17, 15) is 4.79 Å². The van der Waals surface area contributed by atoms with E-state index in [2.05, 4.69) is 36.9 Å². The van der Waals surface area contributed by atoms with Crippen molar-refractivity contribution in [1.29, 1.82) is 0 Å². The molecular formula is C18H27N7O. The average molecular weight is 357 g/mol. The lowest BCUT2D eigenvalue weighted by Crippen LogP contribution is -2.38. The zero-order valence-corrected chi connectivity index (χ0v) is 15.4. The van der Waals surface area contributed by atoms with Crippen LogP contribution in [-0.2, 0) is 13.6 Å². The fourth-order valence-electron chi connectivity index (χ4n) is 4.07. The molecular weight excluding hydrogens is 330 g/mol. The molecule has 0 saturated carbocycles.